The van der Waals surface area contributed by atoms with E-state index in [0.717, 1.165) is 18.4 Å². The van der Waals surface area contributed by atoms with E-state index in [9.17, 15) is 5.11 Å². The van der Waals surface area contributed by atoms with Gasteiger partial charge in [-0.1, -0.05) is 49.0 Å². The van der Waals surface area contributed by atoms with Gasteiger partial charge in [0.15, 0.2) is 0 Å². The Morgan fingerprint density at radius 1 is 1.42 bits per heavy atom. The number of halogens is 2. The van der Waals surface area contributed by atoms with Gasteiger partial charge in [0.05, 0.1) is 6.61 Å². The van der Waals surface area contributed by atoms with Gasteiger partial charge in [0.1, 0.15) is 0 Å². The molecule has 2 rings (SSSR count). The van der Waals surface area contributed by atoms with Crippen molar-refractivity contribution in [1.82, 2.24) is 5.32 Å². The predicted molar refractivity (Wildman–Crippen MR) is 80.8 cm³/mol. The minimum Gasteiger partial charge on any atom is -0.394 e. The second-order valence-corrected chi connectivity index (χ2v) is 6.57. The molecule has 1 aliphatic carbocycles. The fourth-order valence-electron chi connectivity index (χ4n) is 2.97. The van der Waals surface area contributed by atoms with Crippen molar-refractivity contribution in [2.45, 2.75) is 44.7 Å². The lowest BCUT2D eigenvalue weighted by atomic mass is 9.77. The first-order valence-electron chi connectivity index (χ1n) is 6.84. The Morgan fingerprint density at radius 3 is 2.84 bits per heavy atom. The normalized spacial score (nSPS) is 27.5. The number of hydrogen-bond donors (Lipinski definition) is 2. The Labute approximate surface area is 125 Å². The molecule has 2 N–H and O–H groups in total. The summed E-state index contributed by atoms with van der Waals surface area (Å²) in [5, 5.41) is 14.6. The van der Waals surface area contributed by atoms with Gasteiger partial charge in [-0.2, -0.15) is 0 Å². The average Bonchev–Trinajstić information content (AvgIpc) is 2.38. The standard InChI is InChI=1S/C15H21Cl2NO/c1-11-3-2-6-15(8-11,10-19)18-9-12-4-5-13(16)7-14(12)17/h4-5,7,11,18-19H,2-3,6,8-10H2,1H3. The lowest BCUT2D eigenvalue weighted by Gasteiger charge is -2.39. The lowest BCUT2D eigenvalue weighted by molar-refractivity contribution is 0.0982. The molecule has 0 saturated heterocycles. The van der Waals surface area contributed by atoms with Crippen LogP contribution in [-0.2, 0) is 6.54 Å². The van der Waals surface area contributed by atoms with Crippen LogP contribution in [0.4, 0.5) is 0 Å². The number of aliphatic hydroxyl groups excluding tert-OH is 1. The second-order valence-electron chi connectivity index (χ2n) is 5.73. The van der Waals surface area contributed by atoms with Crippen molar-refractivity contribution in [3.63, 3.8) is 0 Å². The number of nitrogens with one attached hydrogen (secondary N) is 1. The molecular weight excluding hydrogens is 281 g/mol. The quantitative estimate of drug-likeness (QED) is 0.880. The zero-order valence-corrected chi connectivity index (χ0v) is 12.8. The molecule has 2 atom stereocenters. The molecule has 0 radical (unpaired) electrons. The Kier molecular flexibility index (Phi) is 5.13. The predicted octanol–water partition coefficient (Wildman–Crippen LogP) is 4.02. The minimum absolute atomic E-state index is 0.152. The van der Waals surface area contributed by atoms with Crippen molar-refractivity contribution >= 4 is 23.2 Å². The molecule has 4 heteroatoms. The fraction of sp³-hybridized carbons (Fsp3) is 0.600. The highest BCUT2D eigenvalue weighted by atomic mass is 35.5. The topological polar surface area (TPSA) is 32.3 Å². The van der Waals surface area contributed by atoms with Crippen LogP contribution < -0.4 is 5.32 Å². The summed E-state index contributed by atoms with van der Waals surface area (Å²) < 4.78 is 0. The molecule has 0 aromatic heterocycles. The van der Waals surface area contributed by atoms with Gasteiger partial charge in [-0.25, -0.2) is 0 Å². The molecule has 1 fully saturated rings. The molecule has 19 heavy (non-hydrogen) atoms. The van der Waals surface area contributed by atoms with Gasteiger partial charge in [-0.15, -0.1) is 0 Å². The van der Waals surface area contributed by atoms with Gasteiger partial charge >= 0.3 is 0 Å². The van der Waals surface area contributed by atoms with E-state index in [2.05, 4.69) is 12.2 Å². The van der Waals surface area contributed by atoms with E-state index in [0.29, 0.717) is 22.5 Å². The van der Waals surface area contributed by atoms with Crippen molar-refractivity contribution in [1.29, 1.82) is 0 Å². The molecule has 0 bridgehead atoms. The van der Waals surface area contributed by atoms with E-state index >= 15 is 0 Å². The molecule has 106 valence electrons. The third-order valence-corrected chi connectivity index (χ3v) is 4.65. The Bertz CT molecular complexity index is 438. The Morgan fingerprint density at radius 2 is 2.21 bits per heavy atom. The van der Waals surface area contributed by atoms with Gasteiger partial charge in [0.25, 0.3) is 0 Å². The molecule has 2 nitrogen and oxygen atoms in total. The summed E-state index contributed by atoms with van der Waals surface area (Å²) in [5.74, 6) is 0.661. The van der Waals surface area contributed by atoms with Crippen molar-refractivity contribution in [3.8, 4) is 0 Å². The highest BCUT2D eigenvalue weighted by Crippen LogP contribution is 2.32. The lowest BCUT2D eigenvalue weighted by Crippen LogP contribution is -2.51. The minimum atomic E-state index is -0.152. The van der Waals surface area contributed by atoms with Crippen LogP contribution in [0.25, 0.3) is 0 Å². The van der Waals surface area contributed by atoms with E-state index in [-0.39, 0.29) is 12.1 Å². The summed E-state index contributed by atoms with van der Waals surface area (Å²) in [6, 6.07) is 5.55. The fourth-order valence-corrected chi connectivity index (χ4v) is 3.44. The first kappa shape index (κ1) is 15.1. The highest BCUT2D eigenvalue weighted by molar-refractivity contribution is 6.35. The number of rotatable bonds is 4. The van der Waals surface area contributed by atoms with E-state index in [1.165, 1.54) is 12.8 Å². The molecule has 1 aromatic rings. The van der Waals surface area contributed by atoms with Gasteiger partial charge in [-0.3, -0.25) is 0 Å². The maximum atomic E-state index is 9.73. The number of aliphatic hydroxyl groups is 1. The molecule has 2 unspecified atom stereocenters. The van der Waals surface area contributed by atoms with Crippen LogP contribution in [0.3, 0.4) is 0 Å². The SMILES string of the molecule is CC1CCCC(CO)(NCc2ccc(Cl)cc2Cl)C1. The van der Waals surface area contributed by atoms with E-state index in [4.69, 9.17) is 23.2 Å². The maximum Gasteiger partial charge on any atom is 0.0613 e. The molecule has 1 aliphatic rings. The number of hydrogen-bond acceptors (Lipinski definition) is 2. The Hall–Kier alpha value is -0.280. The van der Waals surface area contributed by atoms with Gasteiger partial charge in [0, 0.05) is 22.1 Å². The van der Waals surface area contributed by atoms with Crippen LogP contribution in [0, 0.1) is 5.92 Å². The monoisotopic (exact) mass is 301 g/mol. The van der Waals surface area contributed by atoms with Crippen molar-refractivity contribution < 1.29 is 5.11 Å². The van der Waals surface area contributed by atoms with Crippen LogP contribution in [0.2, 0.25) is 10.0 Å². The van der Waals surface area contributed by atoms with E-state index in [1.807, 2.05) is 12.1 Å². The number of benzene rings is 1. The summed E-state index contributed by atoms with van der Waals surface area (Å²) in [4.78, 5) is 0. The summed E-state index contributed by atoms with van der Waals surface area (Å²) in [6.07, 6.45) is 4.47. The van der Waals surface area contributed by atoms with E-state index in [1.54, 1.807) is 6.07 Å². The summed E-state index contributed by atoms with van der Waals surface area (Å²) in [6.45, 7) is 3.10. The average molecular weight is 302 g/mol. The van der Waals surface area contributed by atoms with E-state index < -0.39 is 0 Å². The smallest absolute Gasteiger partial charge is 0.0613 e. The molecule has 0 amide bonds. The molecule has 0 aliphatic heterocycles. The first-order chi connectivity index (χ1) is 9.04. The zero-order valence-electron chi connectivity index (χ0n) is 11.3. The van der Waals surface area contributed by atoms with Crippen molar-refractivity contribution in [3.05, 3.63) is 33.8 Å². The van der Waals surface area contributed by atoms with Crippen LogP contribution in [0.15, 0.2) is 18.2 Å². The van der Waals surface area contributed by atoms with Crippen LogP contribution in [0.1, 0.15) is 38.2 Å². The van der Waals surface area contributed by atoms with Crippen LogP contribution in [-0.4, -0.2) is 17.3 Å². The van der Waals surface area contributed by atoms with Crippen molar-refractivity contribution in [2.75, 3.05) is 6.61 Å². The maximum absolute atomic E-state index is 9.73. The molecule has 1 saturated carbocycles. The molecule has 0 spiro atoms. The third kappa shape index (κ3) is 3.85. The van der Waals surface area contributed by atoms with Crippen molar-refractivity contribution in [2.24, 2.45) is 5.92 Å². The molecular formula is C15H21Cl2NO. The zero-order chi connectivity index (χ0) is 13.9. The summed E-state index contributed by atoms with van der Waals surface area (Å²) in [5.41, 5.74) is 0.873. The van der Waals surface area contributed by atoms with Crippen LogP contribution in [0.5, 0.6) is 0 Å². The largest absolute Gasteiger partial charge is 0.394 e. The second kappa shape index (κ2) is 6.45. The summed E-state index contributed by atoms with van der Waals surface area (Å²) >= 11 is 12.1. The third-order valence-electron chi connectivity index (χ3n) is 4.06. The van der Waals surface area contributed by atoms with Crippen LogP contribution >= 0.6 is 23.2 Å². The van der Waals surface area contributed by atoms with Gasteiger partial charge in [0.2, 0.25) is 0 Å². The Balaban J connectivity index is 2.03. The molecule has 0 heterocycles. The van der Waals surface area contributed by atoms with Gasteiger partial charge in [-0.05, 0) is 36.5 Å². The first-order valence-corrected chi connectivity index (χ1v) is 7.60. The summed E-state index contributed by atoms with van der Waals surface area (Å²) in [7, 11) is 0. The highest BCUT2D eigenvalue weighted by Gasteiger charge is 2.33. The van der Waals surface area contributed by atoms with Gasteiger partial charge < -0.3 is 10.4 Å². The molecule has 1 aromatic carbocycles.